The van der Waals surface area contributed by atoms with Gasteiger partial charge in [0.1, 0.15) is 0 Å². The molecule has 2 N–H and O–H groups in total. The number of pyridine rings is 1. The van der Waals surface area contributed by atoms with Crippen LogP contribution in [0.3, 0.4) is 0 Å². The number of benzene rings is 1. The normalized spacial score (nSPS) is 23.7. The average Bonchev–Trinajstić information content (AvgIpc) is 3.20. The molecule has 1 aliphatic heterocycles. The molecule has 224 valence electrons. The third-order valence-corrected chi connectivity index (χ3v) is 7.93. The number of hydrogen-bond donors (Lipinski definition) is 2. The van der Waals surface area contributed by atoms with Gasteiger partial charge in [-0.05, 0) is 41.9 Å². The van der Waals surface area contributed by atoms with Crippen LogP contribution in [-0.4, -0.2) is 50.9 Å². The second-order valence-electron chi connectivity index (χ2n) is 11.5. The van der Waals surface area contributed by atoms with E-state index in [-0.39, 0.29) is 17.9 Å². The number of amides is 1. The van der Waals surface area contributed by atoms with E-state index in [0.29, 0.717) is 17.3 Å². The van der Waals surface area contributed by atoms with Crippen LogP contribution >= 0.6 is 0 Å². The number of carbonyl (C=O) groups is 2. The lowest BCUT2D eigenvalue weighted by molar-refractivity contribution is -0.160. The zero-order valence-electron chi connectivity index (χ0n) is 24.0. The van der Waals surface area contributed by atoms with Crippen LogP contribution in [0.15, 0.2) is 49.2 Å². The highest BCUT2D eigenvalue weighted by molar-refractivity contribution is 5.86. The Morgan fingerprint density at radius 1 is 1.22 bits per heavy atom. The number of nitrogens with zero attached hydrogens (tertiary/aromatic N) is 2. The fourth-order valence-electron chi connectivity index (χ4n) is 6.36. The number of aryl methyl sites for hydroxylation is 1. The fraction of sp³-hybridized carbons (Fsp3) is 0.500. The summed E-state index contributed by atoms with van der Waals surface area (Å²) in [6.45, 7) is 12.2. The average molecular weight is 579 g/mol. The van der Waals surface area contributed by atoms with Crippen molar-refractivity contribution in [3.63, 3.8) is 0 Å². The zero-order chi connectivity index (χ0) is 30.9. The highest BCUT2D eigenvalue weighted by atomic mass is 19.4. The molecule has 2 heterocycles. The molecule has 1 unspecified atom stereocenters. The molecule has 1 aliphatic rings. The molecule has 0 bridgehead atoms. The largest absolute Gasteiger partial charge is 0.481 e. The molecule has 1 fully saturated rings. The molecular formula is C30H37F3N2O6. The summed E-state index contributed by atoms with van der Waals surface area (Å²) in [7, 11) is 1.27. The quantitative estimate of drug-likeness (QED) is 0.317. The first-order valence-electron chi connectivity index (χ1n) is 13.2. The highest BCUT2D eigenvalue weighted by Crippen LogP contribution is 2.58. The van der Waals surface area contributed by atoms with E-state index in [2.05, 4.69) is 11.6 Å². The number of alkyl halides is 3. The van der Waals surface area contributed by atoms with Gasteiger partial charge in [0.25, 0.3) is 0 Å². The Kier molecular flexibility index (Phi) is 9.12. The van der Waals surface area contributed by atoms with E-state index in [1.165, 1.54) is 7.11 Å². The van der Waals surface area contributed by atoms with E-state index < -0.39 is 65.3 Å². The minimum absolute atomic E-state index is 0.00708. The molecule has 11 heteroatoms. The summed E-state index contributed by atoms with van der Waals surface area (Å²) in [5.74, 6) is -3.09. The first-order chi connectivity index (χ1) is 19.0. The van der Waals surface area contributed by atoms with Gasteiger partial charge in [-0.2, -0.15) is 13.2 Å². The van der Waals surface area contributed by atoms with E-state index in [4.69, 9.17) is 9.47 Å². The molecule has 1 amide bonds. The SMILES string of the molecule is C=CCC(C)[C@@]1(C(=O)O)[C@@H](C(C)(C)C)[C@H](OCc2cc(C(F)(F)F)cnc2OC)[C@H](c2ccccc2C)N1C(=O)O. The Morgan fingerprint density at radius 3 is 2.34 bits per heavy atom. The molecule has 5 atom stereocenters. The molecule has 1 aromatic carbocycles. The number of halogens is 3. The van der Waals surface area contributed by atoms with Gasteiger partial charge in [0.05, 0.1) is 31.4 Å². The second-order valence-corrected chi connectivity index (χ2v) is 11.5. The molecule has 0 radical (unpaired) electrons. The molecule has 8 nitrogen and oxygen atoms in total. The predicted octanol–water partition coefficient (Wildman–Crippen LogP) is 6.74. The van der Waals surface area contributed by atoms with Crippen LogP contribution in [-0.2, 0) is 22.3 Å². The van der Waals surface area contributed by atoms with Gasteiger partial charge in [0.2, 0.25) is 5.88 Å². The van der Waals surface area contributed by atoms with Crippen LogP contribution in [0, 0.1) is 24.2 Å². The van der Waals surface area contributed by atoms with E-state index in [1.807, 2.05) is 0 Å². The van der Waals surface area contributed by atoms with Gasteiger partial charge < -0.3 is 19.7 Å². The number of aromatic nitrogens is 1. The van der Waals surface area contributed by atoms with Gasteiger partial charge in [-0.25, -0.2) is 14.6 Å². The topological polar surface area (TPSA) is 109 Å². The van der Waals surface area contributed by atoms with Gasteiger partial charge in [-0.1, -0.05) is 58.0 Å². The molecule has 3 rings (SSSR count). The Balaban J connectivity index is 2.32. The molecule has 1 saturated heterocycles. The van der Waals surface area contributed by atoms with Crippen LogP contribution in [0.1, 0.15) is 62.4 Å². The Labute approximate surface area is 237 Å². The number of rotatable bonds is 9. The molecule has 2 aromatic rings. The summed E-state index contributed by atoms with van der Waals surface area (Å²) in [5, 5.41) is 21.6. The highest BCUT2D eigenvalue weighted by Gasteiger charge is 2.70. The van der Waals surface area contributed by atoms with Crippen LogP contribution in [0.25, 0.3) is 0 Å². The second kappa shape index (κ2) is 11.7. The third-order valence-electron chi connectivity index (χ3n) is 7.93. The molecule has 0 aliphatic carbocycles. The van der Waals surface area contributed by atoms with Crippen molar-refractivity contribution in [1.82, 2.24) is 9.88 Å². The van der Waals surface area contributed by atoms with Gasteiger partial charge in [-0.15, -0.1) is 6.58 Å². The number of likely N-dealkylation sites (tertiary alicyclic amines) is 1. The van der Waals surface area contributed by atoms with Crippen molar-refractivity contribution in [2.24, 2.45) is 17.3 Å². The number of hydrogen-bond acceptors (Lipinski definition) is 5. The van der Waals surface area contributed by atoms with Gasteiger partial charge in [0, 0.05) is 17.7 Å². The summed E-state index contributed by atoms with van der Waals surface area (Å²) in [6, 6.07) is 6.78. The number of methoxy groups -OCH3 is 1. The van der Waals surface area contributed by atoms with E-state index >= 15 is 0 Å². The monoisotopic (exact) mass is 578 g/mol. The van der Waals surface area contributed by atoms with Crippen LogP contribution in [0.5, 0.6) is 5.88 Å². The lowest BCUT2D eigenvalue weighted by Gasteiger charge is -2.47. The minimum Gasteiger partial charge on any atom is -0.481 e. The molecule has 0 saturated carbocycles. The van der Waals surface area contributed by atoms with Crippen LogP contribution < -0.4 is 4.74 Å². The van der Waals surface area contributed by atoms with Gasteiger partial charge >= 0.3 is 18.2 Å². The Morgan fingerprint density at radius 2 is 1.85 bits per heavy atom. The Bertz CT molecular complexity index is 1290. The van der Waals surface area contributed by atoms with Gasteiger partial charge in [0.15, 0.2) is 5.54 Å². The lowest BCUT2D eigenvalue weighted by atomic mass is 9.62. The van der Waals surface area contributed by atoms with Crippen molar-refractivity contribution >= 4 is 12.1 Å². The van der Waals surface area contributed by atoms with Gasteiger partial charge in [-0.3, -0.25) is 4.90 Å². The number of allylic oxidation sites excluding steroid dienone is 1. The molecule has 41 heavy (non-hydrogen) atoms. The molecular weight excluding hydrogens is 541 g/mol. The zero-order valence-corrected chi connectivity index (χ0v) is 24.0. The van der Waals surface area contributed by atoms with Crippen molar-refractivity contribution in [1.29, 1.82) is 0 Å². The van der Waals surface area contributed by atoms with E-state index in [1.54, 1.807) is 65.0 Å². The summed E-state index contributed by atoms with van der Waals surface area (Å²) >= 11 is 0. The van der Waals surface area contributed by atoms with Crippen molar-refractivity contribution in [3.8, 4) is 5.88 Å². The summed E-state index contributed by atoms with van der Waals surface area (Å²) < 4.78 is 52.1. The van der Waals surface area contributed by atoms with E-state index in [0.717, 1.165) is 11.0 Å². The summed E-state index contributed by atoms with van der Waals surface area (Å²) in [6.07, 6.45) is -4.79. The lowest BCUT2D eigenvalue weighted by Crippen LogP contribution is -2.63. The van der Waals surface area contributed by atoms with Crippen LogP contribution in [0.4, 0.5) is 18.0 Å². The van der Waals surface area contributed by atoms with Crippen LogP contribution in [0.2, 0.25) is 0 Å². The Hall–Kier alpha value is -3.60. The fourth-order valence-corrected chi connectivity index (χ4v) is 6.36. The number of carboxylic acid groups (broad SMARTS) is 2. The van der Waals surface area contributed by atoms with Crippen molar-refractivity contribution in [3.05, 3.63) is 71.4 Å². The molecule has 0 spiro atoms. The van der Waals surface area contributed by atoms with Crippen molar-refractivity contribution in [2.75, 3.05) is 7.11 Å². The number of aliphatic carboxylic acids is 1. The maximum Gasteiger partial charge on any atom is 0.417 e. The van der Waals surface area contributed by atoms with Crippen molar-refractivity contribution in [2.45, 2.75) is 71.5 Å². The van der Waals surface area contributed by atoms with Crippen molar-refractivity contribution < 1.29 is 42.4 Å². The predicted molar refractivity (Wildman–Crippen MR) is 145 cm³/mol. The molecule has 1 aromatic heterocycles. The number of ether oxygens (including phenoxy) is 2. The standard InChI is InChI=1S/C30H37F3N2O6/c1-8-11-18(3)29(26(36)37)24(28(4,5)6)23(22(35(29)27(38)39)21-13-10-9-12-17(21)2)41-16-19-14-20(30(31,32)33)15-34-25(19)40-7/h8-10,12-15,18,22-24H,1,11,16H2,2-7H3,(H,36,37)(H,38,39)/t18?,22-,23+,24+,29-/m0/s1. The first kappa shape index (κ1) is 31.9. The minimum atomic E-state index is -4.67. The maximum absolute atomic E-state index is 13.5. The maximum atomic E-state index is 13.5. The third kappa shape index (κ3) is 5.77. The number of carboxylic acids is 1. The van der Waals surface area contributed by atoms with E-state index in [9.17, 15) is 33.0 Å². The first-order valence-corrected chi connectivity index (χ1v) is 13.2. The summed E-state index contributed by atoms with van der Waals surface area (Å²) in [4.78, 5) is 31.3. The smallest absolute Gasteiger partial charge is 0.417 e. The summed E-state index contributed by atoms with van der Waals surface area (Å²) in [5.41, 5.74) is -2.56.